The molecule has 130 valence electrons. The van der Waals surface area contributed by atoms with Gasteiger partial charge in [-0.1, -0.05) is 19.9 Å². The molecule has 0 bridgehead atoms. The Morgan fingerprint density at radius 3 is 2.88 bits per heavy atom. The molecule has 1 aliphatic carbocycles. The number of carboxylic acid groups (broad SMARTS) is 1. The molecule has 0 saturated heterocycles. The highest BCUT2D eigenvalue weighted by Gasteiger charge is 2.33. The SMILES string of the molecule is CC1(C)CCc2sc(-c3ccc(C#N)cc3CON)c(C(=O)O)c2C1. The van der Waals surface area contributed by atoms with Crippen molar-refractivity contribution in [2.45, 2.75) is 39.7 Å². The standard InChI is InChI=1S/C19H20N2O3S/c1-19(2)6-5-15-14(8-19)16(18(22)23)17(25-15)13-4-3-11(9-20)7-12(13)10-24-21/h3-4,7H,5-6,8,10,21H2,1-2H3,(H,22,23). The quantitative estimate of drug-likeness (QED) is 0.810. The second-order valence-electron chi connectivity index (χ2n) is 7.15. The Bertz CT molecular complexity index is 878. The third kappa shape index (κ3) is 3.31. The zero-order valence-electron chi connectivity index (χ0n) is 14.3. The first-order valence-corrected chi connectivity index (χ1v) is 8.91. The van der Waals surface area contributed by atoms with Crippen LogP contribution in [0.3, 0.4) is 0 Å². The molecule has 6 heteroatoms. The van der Waals surface area contributed by atoms with E-state index in [9.17, 15) is 9.90 Å². The van der Waals surface area contributed by atoms with Crippen LogP contribution in [-0.2, 0) is 24.3 Å². The van der Waals surface area contributed by atoms with Crippen LogP contribution in [-0.4, -0.2) is 11.1 Å². The number of thiophene rings is 1. The minimum absolute atomic E-state index is 0.101. The Balaban J connectivity index is 2.21. The normalized spacial score (nSPS) is 15.4. The molecule has 0 radical (unpaired) electrons. The van der Waals surface area contributed by atoms with Crippen molar-refractivity contribution < 1.29 is 14.7 Å². The Labute approximate surface area is 150 Å². The molecule has 0 atom stereocenters. The number of carboxylic acids is 1. The number of hydrogen-bond acceptors (Lipinski definition) is 5. The van der Waals surface area contributed by atoms with Gasteiger partial charge in [-0.3, -0.25) is 4.84 Å². The summed E-state index contributed by atoms with van der Waals surface area (Å²) in [6.07, 6.45) is 2.71. The zero-order chi connectivity index (χ0) is 18.2. The van der Waals surface area contributed by atoms with E-state index in [4.69, 9.17) is 16.0 Å². The molecule has 1 aliphatic rings. The second-order valence-corrected chi connectivity index (χ2v) is 8.25. The molecular weight excluding hydrogens is 336 g/mol. The number of fused-ring (bicyclic) bond motifs is 1. The molecule has 1 aromatic carbocycles. The summed E-state index contributed by atoms with van der Waals surface area (Å²) in [5.74, 6) is 4.33. The summed E-state index contributed by atoms with van der Waals surface area (Å²) in [7, 11) is 0. The number of rotatable bonds is 4. The van der Waals surface area contributed by atoms with E-state index in [1.54, 1.807) is 18.2 Å². The van der Waals surface area contributed by atoms with E-state index >= 15 is 0 Å². The van der Waals surface area contributed by atoms with Crippen LogP contribution in [0.1, 0.15) is 52.2 Å². The average molecular weight is 356 g/mol. The predicted molar refractivity (Wildman–Crippen MR) is 96.2 cm³/mol. The number of benzene rings is 1. The molecule has 0 saturated carbocycles. The van der Waals surface area contributed by atoms with Crippen molar-refractivity contribution in [3.05, 3.63) is 45.3 Å². The number of hydrogen-bond donors (Lipinski definition) is 2. The van der Waals surface area contributed by atoms with Gasteiger partial charge in [-0.25, -0.2) is 10.7 Å². The van der Waals surface area contributed by atoms with Crippen molar-refractivity contribution in [3.8, 4) is 16.5 Å². The van der Waals surface area contributed by atoms with E-state index in [1.807, 2.05) is 0 Å². The summed E-state index contributed by atoms with van der Waals surface area (Å²) < 4.78 is 0. The minimum atomic E-state index is -0.908. The fraction of sp³-hybridized carbons (Fsp3) is 0.368. The summed E-state index contributed by atoms with van der Waals surface area (Å²) >= 11 is 1.54. The molecule has 0 spiro atoms. The van der Waals surface area contributed by atoms with Gasteiger partial charge in [0.2, 0.25) is 0 Å². The topological polar surface area (TPSA) is 96.3 Å². The van der Waals surface area contributed by atoms with Gasteiger partial charge < -0.3 is 5.11 Å². The molecule has 2 aromatic rings. The van der Waals surface area contributed by atoms with Crippen LogP contribution in [0.2, 0.25) is 0 Å². The van der Waals surface area contributed by atoms with Gasteiger partial charge in [-0.05, 0) is 53.5 Å². The summed E-state index contributed by atoms with van der Waals surface area (Å²) in [6, 6.07) is 7.29. The lowest BCUT2D eigenvalue weighted by atomic mass is 9.76. The van der Waals surface area contributed by atoms with Gasteiger partial charge in [0.15, 0.2) is 0 Å². The first-order chi connectivity index (χ1) is 11.9. The van der Waals surface area contributed by atoms with Gasteiger partial charge in [-0.2, -0.15) is 5.26 Å². The Hall–Kier alpha value is -2.20. The van der Waals surface area contributed by atoms with Crippen molar-refractivity contribution in [2.24, 2.45) is 11.3 Å². The van der Waals surface area contributed by atoms with Crippen LogP contribution in [0, 0.1) is 16.7 Å². The van der Waals surface area contributed by atoms with E-state index in [2.05, 4.69) is 19.9 Å². The number of nitrogens with two attached hydrogens (primary N) is 1. The molecule has 0 amide bonds. The molecule has 3 rings (SSSR count). The highest BCUT2D eigenvalue weighted by atomic mass is 32.1. The van der Waals surface area contributed by atoms with Crippen molar-refractivity contribution in [1.82, 2.24) is 0 Å². The zero-order valence-corrected chi connectivity index (χ0v) is 15.1. The third-order valence-corrected chi connectivity index (χ3v) is 6.03. The van der Waals surface area contributed by atoms with Gasteiger partial charge in [0.05, 0.1) is 23.8 Å². The largest absolute Gasteiger partial charge is 0.478 e. The van der Waals surface area contributed by atoms with E-state index in [1.165, 1.54) is 11.3 Å². The smallest absolute Gasteiger partial charge is 0.337 e. The predicted octanol–water partition coefficient (Wildman–Crippen LogP) is 3.89. The van der Waals surface area contributed by atoms with Crippen LogP contribution in [0.4, 0.5) is 0 Å². The Morgan fingerprint density at radius 2 is 2.24 bits per heavy atom. The fourth-order valence-corrected chi connectivity index (χ4v) is 4.80. The van der Waals surface area contributed by atoms with Crippen LogP contribution in [0.5, 0.6) is 0 Å². The van der Waals surface area contributed by atoms with Crippen molar-refractivity contribution in [2.75, 3.05) is 0 Å². The lowest BCUT2D eigenvalue weighted by Crippen LogP contribution is -2.22. The minimum Gasteiger partial charge on any atom is -0.478 e. The lowest BCUT2D eigenvalue weighted by Gasteiger charge is -2.29. The van der Waals surface area contributed by atoms with E-state index in [0.717, 1.165) is 45.7 Å². The van der Waals surface area contributed by atoms with Gasteiger partial charge in [0.25, 0.3) is 0 Å². The van der Waals surface area contributed by atoms with Gasteiger partial charge >= 0.3 is 5.97 Å². The molecular formula is C19H20N2O3S. The van der Waals surface area contributed by atoms with E-state index < -0.39 is 5.97 Å². The summed E-state index contributed by atoms with van der Waals surface area (Å²) in [5.41, 5.74) is 3.43. The second kappa shape index (κ2) is 6.60. The molecule has 0 unspecified atom stereocenters. The molecule has 5 nitrogen and oxygen atoms in total. The Kier molecular flexibility index (Phi) is 4.65. The maximum absolute atomic E-state index is 12.0. The summed E-state index contributed by atoms with van der Waals surface area (Å²) in [4.78, 5) is 18.7. The van der Waals surface area contributed by atoms with Crippen LogP contribution < -0.4 is 5.90 Å². The number of aromatic carboxylic acids is 1. The Morgan fingerprint density at radius 1 is 1.48 bits per heavy atom. The number of carbonyl (C=O) groups is 1. The molecule has 1 heterocycles. The van der Waals surface area contributed by atoms with Crippen LogP contribution in [0.15, 0.2) is 18.2 Å². The number of aryl methyl sites for hydroxylation is 1. The lowest BCUT2D eigenvalue weighted by molar-refractivity contribution is 0.0696. The molecule has 0 aliphatic heterocycles. The maximum atomic E-state index is 12.0. The van der Waals surface area contributed by atoms with Gasteiger partial charge in [-0.15, -0.1) is 11.3 Å². The summed E-state index contributed by atoms with van der Waals surface area (Å²) in [6.45, 7) is 4.47. The van der Waals surface area contributed by atoms with Gasteiger partial charge in [0, 0.05) is 9.75 Å². The monoisotopic (exact) mass is 356 g/mol. The molecule has 0 fully saturated rings. The molecule has 3 N–H and O–H groups in total. The van der Waals surface area contributed by atoms with Crippen molar-refractivity contribution in [1.29, 1.82) is 5.26 Å². The maximum Gasteiger partial charge on any atom is 0.337 e. The third-order valence-electron chi connectivity index (χ3n) is 4.71. The average Bonchev–Trinajstić information content (AvgIpc) is 2.92. The number of nitrogens with zero attached hydrogens (tertiary/aromatic N) is 1. The molecule has 1 aromatic heterocycles. The van der Waals surface area contributed by atoms with E-state index in [0.29, 0.717) is 11.1 Å². The highest BCUT2D eigenvalue weighted by molar-refractivity contribution is 7.16. The van der Waals surface area contributed by atoms with Gasteiger partial charge in [0.1, 0.15) is 0 Å². The first kappa shape index (κ1) is 17.6. The summed E-state index contributed by atoms with van der Waals surface area (Å²) in [5, 5.41) is 19.0. The van der Waals surface area contributed by atoms with E-state index in [-0.39, 0.29) is 12.0 Å². The number of nitriles is 1. The van der Waals surface area contributed by atoms with Crippen LogP contribution >= 0.6 is 11.3 Å². The first-order valence-electron chi connectivity index (χ1n) is 8.09. The molecule has 25 heavy (non-hydrogen) atoms. The van der Waals surface area contributed by atoms with Crippen molar-refractivity contribution >= 4 is 17.3 Å². The fourth-order valence-electron chi connectivity index (χ4n) is 3.43. The van der Waals surface area contributed by atoms with Crippen molar-refractivity contribution in [3.63, 3.8) is 0 Å². The van der Waals surface area contributed by atoms with Crippen LogP contribution in [0.25, 0.3) is 10.4 Å². The highest BCUT2D eigenvalue weighted by Crippen LogP contribution is 2.45.